The van der Waals surface area contributed by atoms with Crippen molar-refractivity contribution in [1.82, 2.24) is 14.8 Å². The van der Waals surface area contributed by atoms with Crippen molar-refractivity contribution in [1.29, 1.82) is 0 Å². The Morgan fingerprint density at radius 1 is 1.15 bits per heavy atom. The highest BCUT2D eigenvalue weighted by Gasteiger charge is 2.27. The highest BCUT2D eigenvalue weighted by atomic mass is 79.9. The molecule has 0 radical (unpaired) electrons. The molecule has 3 heterocycles. The molecule has 2 aliphatic heterocycles. The first-order chi connectivity index (χ1) is 16.3. The SMILES string of the molecule is C=C(c1cc(Br)cc(N(C)O)c1N[C@@H]1CCCN(C(=O)c2cncc(C)c2)C1)N1CCCCC1. The van der Waals surface area contributed by atoms with Gasteiger partial charge in [-0.1, -0.05) is 22.5 Å². The van der Waals surface area contributed by atoms with E-state index in [9.17, 15) is 10.0 Å². The molecule has 0 aliphatic carbocycles. The van der Waals surface area contributed by atoms with Gasteiger partial charge in [0, 0.05) is 67.4 Å². The molecule has 1 atom stereocenters. The molecule has 1 amide bonds. The van der Waals surface area contributed by atoms with Crippen molar-refractivity contribution in [3.63, 3.8) is 0 Å². The molecule has 2 saturated heterocycles. The van der Waals surface area contributed by atoms with Gasteiger partial charge in [-0.3, -0.25) is 20.0 Å². The maximum Gasteiger partial charge on any atom is 0.255 e. The molecule has 8 heteroatoms. The van der Waals surface area contributed by atoms with Crippen molar-refractivity contribution in [2.45, 2.75) is 45.1 Å². The summed E-state index contributed by atoms with van der Waals surface area (Å²) in [7, 11) is 1.63. The van der Waals surface area contributed by atoms with Gasteiger partial charge in [-0.15, -0.1) is 0 Å². The summed E-state index contributed by atoms with van der Waals surface area (Å²) < 4.78 is 0.884. The first-order valence-electron chi connectivity index (χ1n) is 12.0. The molecule has 2 N–H and O–H groups in total. The summed E-state index contributed by atoms with van der Waals surface area (Å²) >= 11 is 3.61. The zero-order valence-corrected chi connectivity index (χ0v) is 21.6. The van der Waals surface area contributed by atoms with Crippen molar-refractivity contribution < 1.29 is 10.0 Å². The number of rotatable bonds is 6. The number of nitrogens with one attached hydrogen (secondary N) is 1. The van der Waals surface area contributed by atoms with E-state index in [-0.39, 0.29) is 11.9 Å². The third kappa shape index (κ3) is 5.55. The van der Waals surface area contributed by atoms with Gasteiger partial charge in [0.1, 0.15) is 0 Å². The predicted octanol–water partition coefficient (Wildman–Crippen LogP) is 5.15. The number of carbonyl (C=O) groups excluding carboxylic acids is 1. The van der Waals surface area contributed by atoms with E-state index < -0.39 is 0 Å². The molecule has 7 nitrogen and oxygen atoms in total. The van der Waals surface area contributed by atoms with Crippen LogP contribution in [0.25, 0.3) is 5.70 Å². The number of amides is 1. The van der Waals surface area contributed by atoms with Crippen molar-refractivity contribution >= 4 is 38.9 Å². The summed E-state index contributed by atoms with van der Waals surface area (Å²) in [6, 6.07) is 5.92. The maximum absolute atomic E-state index is 13.1. The Kier molecular flexibility index (Phi) is 7.78. The lowest BCUT2D eigenvalue weighted by Crippen LogP contribution is -2.45. The Labute approximate surface area is 210 Å². The van der Waals surface area contributed by atoms with E-state index in [2.05, 4.69) is 43.8 Å². The summed E-state index contributed by atoms with van der Waals surface area (Å²) in [4.78, 5) is 21.6. The van der Waals surface area contributed by atoms with Gasteiger partial charge < -0.3 is 15.1 Å². The van der Waals surface area contributed by atoms with Crippen LogP contribution in [0.2, 0.25) is 0 Å². The maximum atomic E-state index is 13.1. The molecule has 34 heavy (non-hydrogen) atoms. The number of piperidine rings is 2. The molecule has 2 aromatic rings. The summed E-state index contributed by atoms with van der Waals surface area (Å²) in [5.41, 5.74) is 5.05. The van der Waals surface area contributed by atoms with Gasteiger partial charge in [-0.05, 0) is 62.8 Å². The number of likely N-dealkylation sites (tertiary alicyclic amines) is 2. The lowest BCUT2D eigenvalue weighted by molar-refractivity contribution is 0.0714. The van der Waals surface area contributed by atoms with Crippen LogP contribution < -0.4 is 10.4 Å². The molecule has 0 spiro atoms. The van der Waals surface area contributed by atoms with Crippen LogP contribution in [0.5, 0.6) is 0 Å². The van der Waals surface area contributed by atoms with Gasteiger partial charge in [0.25, 0.3) is 5.91 Å². The number of halogens is 1. The molecule has 2 fully saturated rings. The number of hydrogen-bond donors (Lipinski definition) is 2. The molecule has 2 aliphatic rings. The molecule has 4 rings (SSSR count). The molecular weight excluding hydrogens is 494 g/mol. The number of hydroxylamine groups is 1. The largest absolute Gasteiger partial charge is 0.378 e. The third-order valence-corrected chi connectivity index (χ3v) is 7.12. The lowest BCUT2D eigenvalue weighted by Gasteiger charge is -2.36. The molecule has 0 unspecified atom stereocenters. The molecule has 182 valence electrons. The quantitative estimate of drug-likeness (QED) is 0.506. The van der Waals surface area contributed by atoms with Gasteiger partial charge >= 0.3 is 0 Å². The van der Waals surface area contributed by atoms with Gasteiger partial charge in [-0.25, -0.2) is 0 Å². The number of aromatic nitrogens is 1. The minimum atomic E-state index is 0.0101. The highest BCUT2D eigenvalue weighted by molar-refractivity contribution is 9.10. The summed E-state index contributed by atoms with van der Waals surface area (Å²) in [5.74, 6) is 0.0101. The number of pyridine rings is 1. The first-order valence-corrected chi connectivity index (χ1v) is 12.8. The Morgan fingerprint density at radius 2 is 1.88 bits per heavy atom. The molecule has 1 aromatic heterocycles. The Hall–Kier alpha value is -2.58. The number of carbonyl (C=O) groups is 1. The van der Waals surface area contributed by atoms with Gasteiger partial charge in [0.2, 0.25) is 0 Å². The topological polar surface area (TPSA) is 71.9 Å². The van der Waals surface area contributed by atoms with Gasteiger partial charge in [-0.2, -0.15) is 0 Å². The predicted molar refractivity (Wildman–Crippen MR) is 140 cm³/mol. The number of benzene rings is 1. The van der Waals surface area contributed by atoms with Crippen molar-refractivity contribution in [3.05, 3.63) is 58.3 Å². The smallest absolute Gasteiger partial charge is 0.255 e. The summed E-state index contributed by atoms with van der Waals surface area (Å²) in [6.45, 7) is 9.68. The van der Waals surface area contributed by atoms with Crippen LogP contribution in [0.1, 0.15) is 53.6 Å². The standard InChI is InChI=1S/C26H34BrN5O2/c1-18-12-20(16-28-15-18)26(33)32-11-7-8-22(17-32)29-25-23(13-21(27)14-24(25)30(3)34)19(2)31-9-5-4-6-10-31/h12-16,22,29,34H,2,4-11,17H2,1,3H3/t22-/m1/s1. The number of aryl methyl sites for hydroxylation is 1. The third-order valence-electron chi connectivity index (χ3n) is 6.66. The Morgan fingerprint density at radius 3 is 2.59 bits per heavy atom. The van der Waals surface area contributed by atoms with E-state index in [1.165, 1.54) is 6.42 Å². The molecule has 0 saturated carbocycles. The average molecular weight is 528 g/mol. The molecule has 0 bridgehead atoms. The van der Waals surface area contributed by atoms with Crippen LogP contribution >= 0.6 is 15.9 Å². The number of hydrogen-bond acceptors (Lipinski definition) is 6. The fourth-order valence-corrected chi connectivity index (χ4v) is 5.34. The van der Waals surface area contributed by atoms with Crippen LogP contribution in [0.3, 0.4) is 0 Å². The van der Waals surface area contributed by atoms with E-state index >= 15 is 0 Å². The zero-order valence-electron chi connectivity index (χ0n) is 20.1. The van der Waals surface area contributed by atoms with Crippen LogP contribution in [0.15, 0.2) is 41.6 Å². The van der Waals surface area contributed by atoms with E-state index in [1.54, 1.807) is 19.4 Å². The highest BCUT2D eigenvalue weighted by Crippen LogP contribution is 2.38. The van der Waals surface area contributed by atoms with E-state index in [1.807, 2.05) is 24.0 Å². The van der Waals surface area contributed by atoms with Crippen molar-refractivity contribution in [3.8, 4) is 0 Å². The van der Waals surface area contributed by atoms with Crippen LogP contribution in [0, 0.1) is 6.92 Å². The molecule has 1 aromatic carbocycles. The van der Waals surface area contributed by atoms with Crippen LogP contribution in [-0.4, -0.2) is 65.2 Å². The summed E-state index contributed by atoms with van der Waals surface area (Å²) in [5, 5.41) is 15.3. The second kappa shape index (κ2) is 10.8. The van der Waals surface area contributed by atoms with Gasteiger partial charge in [0.15, 0.2) is 0 Å². The van der Waals surface area contributed by atoms with Crippen LogP contribution in [0.4, 0.5) is 11.4 Å². The van der Waals surface area contributed by atoms with E-state index in [4.69, 9.17) is 0 Å². The lowest BCUT2D eigenvalue weighted by atomic mass is 10.0. The first kappa shape index (κ1) is 24.5. The van der Waals surface area contributed by atoms with Crippen LogP contribution in [-0.2, 0) is 0 Å². The van der Waals surface area contributed by atoms with Gasteiger partial charge in [0.05, 0.1) is 16.9 Å². The monoisotopic (exact) mass is 527 g/mol. The average Bonchev–Trinajstić information content (AvgIpc) is 2.84. The number of nitrogens with zero attached hydrogens (tertiary/aromatic N) is 4. The normalized spacial score (nSPS) is 18.5. The molecular formula is C26H34BrN5O2. The van der Waals surface area contributed by atoms with Crippen molar-refractivity contribution in [2.24, 2.45) is 0 Å². The second-order valence-electron chi connectivity index (χ2n) is 9.35. The minimum absolute atomic E-state index is 0.0101. The van der Waals surface area contributed by atoms with Crippen molar-refractivity contribution in [2.75, 3.05) is 43.6 Å². The fourth-order valence-electron chi connectivity index (χ4n) is 4.90. The minimum Gasteiger partial charge on any atom is -0.378 e. The Balaban J connectivity index is 1.59. The zero-order chi connectivity index (χ0) is 24.2. The van der Waals surface area contributed by atoms with E-state index in [0.717, 1.165) is 77.4 Å². The fraction of sp³-hybridized carbons (Fsp3) is 0.462. The summed E-state index contributed by atoms with van der Waals surface area (Å²) in [6.07, 6.45) is 8.82. The van der Waals surface area contributed by atoms with E-state index in [0.29, 0.717) is 17.8 Å². The number of anilines is 2. The Bertz CT molecular complexity index is 1050. The second-order valence-corrected chi connectivity index (χ2v) is 10.3.